The zero-order valence-corrected chi connectivity index (χ0v) is 15.0. The van der Waals surface area contributed by atoms with Crippen molar-refractivity contribution in [2.45, 2.75) is 31.8 Å². The zero-order chi connectivity index (χ0) is 17.9. The van der Waals surface area contributed by atoms with Crippen LogP contribution in [0.5, 0.6) is 5.75 Å². The van der Waals surface area contributed by atoms with E-state index in [1.54, 1.807) is 24.4 Å². The van der Waals surface area contributed by atoms with Gasteiger partial charge in [0.05, 0.1) is 18.9 Å². The molecular weight excluding hydrogens is 332 g/mol. The lowest BCUT2D eigenvalue weighted by atomic mass is 10.0. The molecule has 0 aromatic carbocycles. The van der Waals surface area contributed by atoms with Crippen molar-refractivity contribution in [2.24, 2.45) is 0 Å². The van der Waals surface area contributed by atoms with Crippen LogP contribution >= 0.6 is 0 Å². The number of nitrogens with zero attached hydrogens (tertiary/aromatic N) is 4. The van der Waals surface area contributed by atoms with Crippen molar-refractivity contribution in [3.05, 3.63) is 40.4 Å². The molecule has 2 aliphatic rings. The molecule has 2 aliphatic heterocycles. The van der Waals surface area contributed by atoms with Crippen molar-refractivity contribution in [1.82, 2.24) is 19.2 Å². The van der Waals surface area contributed by atoms with Crippen molar-refractivity contribution in [3.63, 3.8) is 0 Å². The number of piperidine rings is 1. The van der Waals surface area contributed by atoms with Crippen LogP contribution in [0.1, 0.15) is 25.0 Å². The van der Waals surface area contributed by atoms with Crippen LogP contribution in [0.15, 0.2) is 29.2 Å². The zero-order valence-electron chi connectivity index (χ0n) is 15.0. The van der Waals surface area contributed by atoms with Crippen molar-refractivity contribution in [1.29, 1.82) is 0 Å². The smallest absolute Gasteiger partial charge is 0.258 e. The second kappa shape index (κ2) is 7.73. The molecule has 0 spiro atoms. The molecule has 0 bridgehead atoms. The average Bonchev–Trinajstić information content (AvgIpc) is 2.65. The van der Waals surface area contributed by atoms with Crippen LogP contribution in [-0.4, -0.2) is 69.7 Å². The van der Waals surface area contributed by atoms with Crippen molar-refractivity contribution >= 4 is 5.65 Å². The second-order valence-corrected chi connectivity index (χ2v) is 7.21. The number of aromatic nitrogens is 2. The fourth-order valence-electron chi connectivity index (χ4n) is 4.00. The van der Waals surface area contributed by atoms with E-state index in [4.69, 9.17) is 4.74 Å². The van der Waals surface area contributed by atoms with Crippen LogP contribution in [0, 0.1) is 0 Å². The fraction of sp³-hybridized carbons (Fsp3) is 0.579. The first kappa shape index (κ1) is 17.5. The summed E-state index contributed by atoms with van der Waals surface area (Å²) in [4.78, 5) is 21.8. The van der Waals surface area contributed by atoms with Crippen LogP contribution in [0.25, 0.3) is 5.65 Å². The van der Waals surface area contributed by atoms with Crippen LogP contribution in [0.2, 0.25) is 0 Å². The number of hydrogen-bond donors (Lipinski definition) is 1. The largest absolute Gasteiger partial charge is 0.504 e. The van der Waals surface area contributed by atoms with Crippen LogP contribution in [0.4, 0.5) is 0 Å². The minimum Gasteiger partial charge on any atom is -0.504 e. The van der Waals surface area contributed by atoms with E-state index in [-0.39, 0.29) is 11.3 Å². The highest BCUT2D eigenvalue weighted by Crippen LogP contribution is 2.21. The number of hydrogen-bond acceptors (Lipinski definition) is 6. The van der Waals surface area contributed by atoms with Crippen molar-refractivity contribution in [3.8, 4) is 5.75 Å². The molecule has 0 saturated carbocycles. The molecule has 2 aromatic heterocycles. The van der Waals surface area contributed by atoms with Gasteiger partial charge in [0.1, 0.15) is 0 Å². The summed E-state index contributed by atoms with van der Waals surface area (Å²) in [5.74, 6) is 0.0370. The van der Waals surface area contributed by atoms with Gasteiger partial charge in [-0.2, -0.15) is 0 Å². The molecule has 26 heavy (non-hydrogen) atoms. The third kappa shape index (κ3) is 3.75. The summed E-state index contributed by atoms with van der Waals surface area (Å²) in [7, 11) is 0. The molecule has 0 radical (unpaired) electrons. The Kier molecular flexibility index (Phi) is 5.19. The van der Waals surface area contributed by atoms with E-state index >= 15 is 0 Å². The molecule has 7 nitrogen and oxygen atoms in total. The van der Waals surface area contributed by atoms with Crippen molar-refractivity contribution < 1.29 is 9.84 Å². The van der Waals surface area contributed by atoms with Gasteiger partial charge in [0.25, 0.3) is 5.56 Å². The van der Waals surface area contributed by atoms with Crippen LogP contribution in [0.3, 0.4) is 0 Å². The van der Waals surface area contributed by atoms with Gasteiger partial charge >= 0.3 is 0 Å². The Balaban J connectivity index is 1.53. The molecular formula is C19H26N4O3. The maximum absolute atomic E-state index is 12.4. The lowest BCUT2D eigenvalue weighted by Gasteiger charge is -2.39. The van der Waals surface area contributed by atoms with Gasteiger partial charge in [-0.05, 0) is 31.5 Å². The van der Waals surface area contributed by atoms with E-state index < -0.39 is 0 Å². The SMILES string of the molecule is O=c1cc(CN2CCCC[C@@H]2CN2CCOCC2)nc2c(O)cccn12. The monoisotopic (exact) mass is 358 g/mol. The summed E-state index contributed by atoms with van der Waals surface area (Å²) in [6, 6.07) is 5.28. The van der Waals surface area contributed by atoms with Gasteiger partial charge in [0, 0.05) is 44.5 Å². The lowest BCUT2D eigenvalue weighted by Crippen LogP contribution is -2.49. The average molecular weight is 358 g/mol. The third-order valence-electron chi connectivity index (χ3n) is 5.41. The Hall–Kier alpha value is -1.96. The van der Waals surface area contributed by atoms with E-state index in [1.807, 2.05) is 0 Å². The first-order valence-corrected chi connectivity index (χ1v) is 9.45. The molecule has 7 heteroatoms. The van der Waals surface area contributed by atoms with Crippen molar-refractivity contribution in [2.75, 3.05) is 39.4 Å². The van der Waals surface area contributed by atoms with E-state index in [0.717, 1.165) is 45.1 Å². The summed E-state index contributed by atoms with van der Waals surface area (Å²) in [5.41, 5.74) is 0.907. The summed E-state index contributed by atoms with van der Waals surface area (Å²) < 4.78 is 6.84. The molecule has 2 aromatic rings. The predicted molar refractivity (Wildman–Crippen MR) is 98.4 cm³/mol. The number of rotatable bonds is 4. The summed E-state index contributed by atoms with van der Waals surface area (Å²) >= 11 is 0. The number of pyridine rings is 1. The van der Waals surface area contributed by atoms with Crippen LogP contribution in [-0.2, 0) is 11.3 Å². The maximum atomic E-state index is 12.4. The first-order chi connectivity index (χ1) is 12.7. The summed E-state index contributed by atoms with van der Waals surface area (Å²) in [5, 5.41) is 10.0. The number of aromatic hydroxyl groups is 1. The minimum atomic E-state index is -0.150. The molecule has 1 N–H and O–H groups in total. The Morgan fingerprint density at radius 1 is 1.23 bits per heavy atom. The van der Waals surface area contributed by atoms with Gasteiger partial charge in [-0.15, -0.1) is 0 Å². The second-order valence-electron chi connectivity index (χ2n) is 7.21. The number of likely N-dealkylation sites (tertiary alicyclic amines) is 1. The van der Waals surface area contributed by atoms with Gasteiger partial charge in [-0.1, -0.05) is 6.42 Å². The predicted octanol–water partition coefficient (Wildman–Crippen LogP) is 1.09. The quantitative estimate of drug-likeness (QED) is 0.882. The Morgan fingerprint density at radius 3 is 2.92 bits per heavy atom. The number of ether oxygens (including phenoxy) is 1. The highest BCUT2D eigenvalue weighted by molar-refractivity contribution is 5.52. The molecule has 2 saturated heterocycles. The number of morpholine rings is 1. The summed E-state index contributed by atoms with van der Waals surface area (Å²) in [6.45, 7) is 6.33. The molecule has 140 valence electrons. The molecule has 2 fully saturated rings. The molecule has 0 unspecified atom stereocenters. The highest BCUT2D eigenvalue weighted by atomic mass is 16.5. The molecule has 0 aliphatic carbocycles. The third-order valence-corrected chi connectivity index (χ3v) is 5.41. The topological polar surface area (TPSA) is 70.3 Å². The van der Waals surface area contributed by atoms with E-state index in [2.05, 4.69) is 14.8 Å². The normalized spacial score (nSPS) is 22.7. The van der Waals surface area contributed by atoms with Gasteiger partial charge in [-0.25, -0.2) is 4.98 Å². The van der Waals surface area contributed by atoms with Gasteiger partial charge < -0.3 is 9.84 Å². The minimum absolute atomic E-state index is 0.0370. The first-order valence-electron chi connectivity index (χ1n) is 9.45. The highest BCUT2D eigenvalue weighted by Gasteiger charge is 2.26. The maximum Gasteiger partial charge on any atom is 0.258 e. The Labute approximate surface area is 152 Å². The van der Waals surface area contributed by atoms with E-state index in [0.29, 0.717) is 18.2 Å². The van der Waals surface area contributed by atoms with Gasteiger partial charge in [0.15, 0.2) is 11.4 Å². The van der Waals surface area contributed by atoms with E-state index in [1.165, 1.54) is 23.7 Å². The molecule has 4 heterocycles. The lowest BCUT2D eigenvalue weighted by molar-refractivity contribution is 0.0151. The number of fused-ring (bicyclic) bond motifs is 1. The summed E-state index contributed by atoms with van der Waals surface area (Å²) in [6.07, 6.45) is 5.24. The Bertz CT molecular complexity index is 816. The van der Waals surface area contributed by atoms with E-state index in [9.17, 15) is 9.90 Å². The molecule has 4 rings (SSSR count). The molecule has 1 atom stereocenters. The molecule has 0 amide bonds. The van der Waals surface area contributed by atoms with Crippen LogP contribution < -0.4 is 5.56 Å². The standard InChI is InChI=1S/C19H26N4O3/c24-17-5-3-7-23-18(25)12-15(20-19(17)23)13-22-6-2-1-4-16(22)14-21-8-10-26-11-9-21/h3,5,7,12,16,24H,1-2,4,6,8-11,13-14H2/t16-/m1/s1. The fourth-order valence-corrected chi connectivity index (χ4v) is 4.00. The Morgan fingerprint density at radius 2 is 2.08 bits per heavy atom. The van der Waals surface area contributed by atoms with Gasteiger partial charge in [0.2, 0.25) is 0 Å². The van der Waals surface area contributed by atoms with Gasteiger partial charge in [-0.3, -0.25) is 19.0 Å².